The van der Waals surface area contributed by atoms with E-state index in [0.29, 0.717) is 47.0 Å². The molecule has 1 aromatic carbocycles. The van der Waals surface area contributed by atoms with Gasteiger partial charge in [-0.3, -0.25) is 19.3 Å². The Kier molecular flexibility index (Phi) is 17.6. The van der Waals surface area contributed by atoms with Gasteiger partial charge in [0.25, 0.3) is 11.8 Å². The molecule has 11 heteroatoms. The van der Waals surface area contributed by atoms with Crippen LogP contribution < -0.4 is 9.57 Å². The zero-order valence-corrected chi connectivity index (χ0v) is 31.6. The van der Waals surface area contributed by atoms with Crippen LogP contribution in [0.5, 0.6) is 17.5 Å². The molecule has 290 valence electrons. The largest absolute Gasteiger partial charge is 0.560 e. The summed E-state index contributed by atoms with van der Waals surface area (Å²) in [7, 11) is 0. The summed E-state index contributed by atoms with van der Waals surface area (Å²) in [4.78, 5) is 49.4. The molecule has 2 N–H and O–H groups in total. The van der Waals surface area contributed by atoms with Crippen LogP contribution in [0.3, 0.4) is 0 Å². The fourth-order valence-electron chi connectivity index (χ4n) is 7.22. The number of nitrogens with zero attached hydrogens (tertiary/aromatic N) is 2. The number of carbonyl (C=O) groups is 3. The lowest BCUT2D eigenvalue weighted by atomic mass is 9.92. The van der Waals surface area contributed by atoms with E-state index in [-0.39, 0.29) is 16.9 Å². The van der Waals surface area contributed by atoms with E-state index < -0.39 is 35.8 Å². The zero-order chi connectivity index (χ0) is 37.1. The van der Waals surface area contributed by atoms with Crippen LogP contribution in [-0.4, -0.2) is 51.2 Å². The highest BCUT2D eigenvalue weighted by molar-refractivity contribution is 6.22. The first-order valence-electron chi connectivity index (χ1n) is 20.2. The molecule has 0 spiro atoms. The van der Waals surface area contributed by atoms with Gasteiger partial charge in [-0.05, 0) is 44.2 Å². The third-order valence-corrected chi connectivity index (χ3v) is 10.2. The molecule has 1 aliphatic carbocycles. The summed E-state index contributed by atoms with van der Waals surface area (Å²) < 4.78 is 12.6. The van der Waals surface area contributed by atoms with Crippen LogP contribution in [0.1, 0.15) is 193 Å². The third-order valence-electron chi connectivity index (χ3n) is 10.2. The lowest BCUT2D eigenvalue weighted by molar-refractivity contribution is -0.0780. The first kappa shape index (κ1) is 41.0. The SMILES string of the molecule is CCCCCCCCCCCCOc1cccc2c1C(=O)N(OC(=O)On1c(O)c3c(c1O)C(OCCCCCCCCCCCC)CCC3)C2=O. The zero-order valence-electron chi connectivity index (χ0n) is 31.6. The van der Waals surface area contributed by atoms with Gasteiger partial charge in [0, 0.05) is 12.2 Å². The number of hydrogen-bond acceptors (Lipinski definition) is 9. The Labute approximate surface area is 309 Å². The van der Waals surface area contributed by atoms with E-state index in [1.807, 2.05) is 0 Å². The molecule has 11 nitrogen and oxygen atoms in total. The summed E-state index contributed by atoms with van der Waals surface area (Å²) in [5.74, 6) is -2.41. The second-order valence-electron chi connectivity index (χ2n) is 14.3. The average molecular weight is 727 g/mol. The third kappa shape index (κ3) is 11.6. The molecule has 0 saturated heterocycles. The van der Waals surface area contributed by atoms with Crippen molar-refractivity contribution < 1.29 is 43.7 Å². The van der Waals surface area contributed by atoms with Crippen molar-refractivity contribution in [2.24, 2.45) is 0 Å². The van der Waals surface area contributed by atoms with Crippen LogP contribution in [0.15, 0.2) is 18.2 Å². The summed E-state index contributed by atoms with van der Waals surface area (Å²) >= 11 is 0. The number of aromatic hydroxyl groups is 2. The summed E-state index contributed by atoms with van der Waals surface area (Å²) in [5, 5.41) is 22.2. The number of rotatable bonds is 26. The summed E-state index contributed by atoms with van der Waals surface area (Å²) in [6.45, 7) is 5.35. The van der Waals surface area contributed by atoms with Crippen LogP contribution in [-0.2, 0) is 16.0 Å². The molecule has 0 radical (unpaired) electrons. The van der Waals surface area contributed by atoms with E-state index in [1.54, 1.807) is 12.1 Å². The lowest BCUT2D eigenvalue weighted by Gasteiger charge is -2.23. The molecule has 0 saturated carbocycles. The minimum absolute atomic E-state index is 0.0110. The Morgan fingerprint density at radius 3 is 1.87 bits per heavy atom. The van der Waals surface area contributed by atoms with Crippen molar-refractivity contribution in [2.45, 2.75) is 168 Å². The van der Waals surface area contributed by atoms with Gasteiger partial charge in [0.1, 0.15) is 5.75 Å². The van der Waals surface area contributed by atoms with E-state index in [4.69, 9.17) is 19.1 Å². The molecule has 1 aromatic heterocycles. The Bertz CT molecular complexity index is 1420. The van der Waals surface area contributed by atoms with Gasteiger partial charge in [-0.2, -0.15) is 4.79 Å². The number of carbonyl (C=O) groups excluding carboxylic acids is 3. The molecule has 2 heterocycles. The van der Waals surface area contributed by atoms with Crippen molar-refractivity contribution in [1.82, 2.24) is 9.79 Å². The minimum Gasteiger partial charge on any atom is -0.493 e. The van der Waals surface area contributed by atoms with Crippen LogP contribution in [0.25, 0.3) is 0 Å². The van der Waals surface area contributed by atoms with Crippen LogP contribution in [0, 0.1) is 0 Å². The van der Waals surface area contributed by atoms with Gasteiger partial charge >= 0.3 is 6.16 Å². The highest BCUT2D eigenvalue weighted by atomic mass is 16.9. The Morgan fingerprint density at radius 2 is 1.27 bits per heavy atom. The van der Waals surface area contributed by atoms with E-state index in [0.717, 1.165) is 44.9 Å². The predicted molar refractivity (Wildman–Crippen MR) is 199 cm³/mol. The molecule has 1 unspecified atom stereocenters. The number of hydrogen-bond donors (Lipinski definition) is 2. The van der Waals surface area contributed by atoms with Gasteiger partial charge in [-0.25, -0.2) is 0 Å². The number of unbranched alkanes of at least 4 members (excludes halogenated alkanes) is 18. The maximum Gasteiger partial charge on any atom is 0.560 e. The highest BCUT2D eigenvalue weighted by Gasteiger charge is 2.42. The van der Waals surface area contributed by atoms with Crippen molar-refractivity contribution in [3.05, 3.63) is 40.5 Å². The number of benzene rings is 1. The fourth-order valence-corrected chi connectivity index (χ4v) is 7.22. The standard InChI is InChI=1S/C41H62N2O9/c1-3-5-7-9-11-13-15-17-19-21-29-49-33-27-23-25-31-35(33)39(46)42(37(31)44)51-41(48)52-43-38(45)32-26-24-28-34(36(32)40(43)47)50-30-22-20-18-16-14-12-10-8-6-4-2/h23,25,27,34,45,47H,3-22,24,26,28-30H2,1-2H3. The molecule has 0 bridgehead atoms. The second kappa shape index (κ2) is 22.4. The highest BCUT2D eigenvalue weighted by Crippen LogP contribution is 2.44. The van der Waals surface area contributed by atoms with Crippen LogP contribution in [0.4, 0.5) is 4.79 Å². The molecule has 0 fully saturated rings. The number of fused-ring (bicyclic) bond motifs is 2. The maximum absolute atomic E-state index is 13.3. The smallest absolute Gasteiger partial charge is 0.493 e. The van der Waals surface area contributed by atoms with E-state index >= 15 is 0 Å². The number of aromatic nitrogens is 1. The number of amides is 2. The van der Waals surface area contributed by atoms with E-state index in [2.05, 4.69) is 13.8 Å². The topological polar surface area (TPSA) is 137 Å². The molecular formula is C41H62N2O9. The first-order valence-corrected chi connectivity index (χ1v) is 20.2. The molecule has 1 atom stereocenters. The van der Waals surface area contributed by atoms with E-state index in [1.165, 1.54) is 96.0 Å². The van der Waals surface area contributed by atoms with Gasteiger partial charge < -0.3 is 19.7 Å². The van der Waals surface area contributed by atoms with Gasteiger partial charge in [-0.1, -0.05) is 141 Å². The van der Waals surface area contributed by atoms with Gasteiger partial charge in [0.2, 0.25) is 11.8 Å². The van der Waals surface area contributed by atoms with Crippen LogP contribution >= 0.6 is 0 Å². The van der Waals surface area contributed by atoms with Crippen molar-refractivity contribution in [1.29, 1.82) is 0 Å². The Morgan fingerprint density at radius 1 is 0.712 bits per heavy atom. The Balaban J connectivity index is 1.23. The normalized spacial score (nSPS) is 15.2. The van der Waals surface area contributed by atoms with Gasteiger partial charge in [-0.15, -0.1) is 4.73 Å². The van der Waals surface area contributed by atoms with Crippen molar-refractivity contribution >= 4 is 18.0 Å². The van der Waals surface area contributed by atoms with E-state index in [9.17, 15) is 24.6 Å². The molecular weight excluding hydrogens is 664 g/mol. The second-order valence-corrected chi connectivity index (χ2v) is 14.3. The first-order chi connectivity index (χ1) is 25.4. The molecule has 52 heavy (non-hydrogen) atoms. The number of ether oxygens (including phenoxy) is 2. The molecule has 2 aliphatic rings. The van der Waals surface area contributed by atoms with Crippen molar-refractivity contribution in [2.75, 3.05) is 13.2 Å². The maximum atomic E-state index is 13.3. The van der Waals surface area contributed by atoms with Gasteiger partial charge in [0.15, 0.2) is 0 Å². The Hall–Kier alpha value is -3.73. The summed E-state index contributed by atoms with van der Waals surface area (Å²) in [6, 6.07) is 4.68. The molecule has 2 aromatic rings. The summed E-state index contributed by atoms with van der Waals surface area (Å²) in [6.07, 6.45) is 23.8. The summed E-state index contributed by atoms with van der Waals surface area (Å²) in [5.41, 5.74) is 0.850. The monoisotopic (exact) mass is 726 g/mol. The number of hydroxylamine groups is 2. The number of imide groups is 1. The fraction of sp³-hybridized carbons (Fsp3) is 0.683. The quantitative estimate of drug-likeness (QED) is 0.0717. The molecule has 4 rings (SSSR count). The average Bonchev–Trinajstić information content (AvgIpc) is 3.53. The van der Waals surface area contributed by atoms with Gasteiger partial charge in [0.05, 0.1) is 29.4 Å². The predicted octanol–water partition coefficient (Wildman–Crippen LogP) is 10.3. The molecule has 1 aliphatic heterocycles. The van der Waals surface area contributed by atoms with Crippen molar-refractivity contribution in [3.63, 3.8) is 0 Å². The van der Waals surface area contributed by atoms with Crippen LogP contribution in [0.2, 0.25) is 0 Å². The van der Waals surface area contributed by atoms with Crippen molar-refractivity contribution in [3.8, 4) is 17.5 Å². The minimum atomic E-state index is -1.48. The lowest BCUT2D eigenvalue weighted by Crippen LogP contribution is -2.35. The molecule has 2 amide bonds.